The van der Waals surface area contributed by atoms with Crippen molar-refractivity contribution >= 4 is 13.5 Å². The van der Waals surface area contributed by atoms with Crippen LogP contribution in [0.5, 0.6) is 0 Å². The molecule has 7 heteroatoms. The van der Waals surface area contributed by atoms with Crippen LogP contribution in [0.25, 0.3) is 0 Å². The minimum Gasteiger partial charge on any atom is -0.810 e. The lowest BCUT2D eigenvalue weighted by Gasteiger charge is -2.40. The van der Waals surface area contributed by atoms with Crippen LogP contribution in [0.3, 0.4) is 0 Å². The van der Waals surface area contributed by atoms with E-state index < -0.39 is 19.2 Å². The predicted molar refractivity (Wildman–Crippen MR) is 62.2 cm³/mol. The third-order valence-corrected chi connectivity index (χ3v) is 3.84. The molecule has 1 rings (SSSR count). The quantitative estimate of drug-likeness (QED) is 0.567. The second-order valence-electron chi connectivity index (χ2n) is 3.88. The van der Waals surface area contributed by atoms with E-state index in [0.29, 0.717) is 5.56 Å². The summed E-state index contributed by atoms with van der Waals surface area (Å²) in [5.74, 6) is -0.714. The Hall–Kier alpha value is -1.20. The molecule has 0 aliphatic carbocycles. The highest BCUT2D eigenvalue weighted by Gasteiger charge is 2.15. The van der Waals surface area contributed by atoms with E-state index in [1.54, 1.807) is 18.2 Å². The van der Waals surface area contributed by atoms with Crippen molar-refractivity contribution in [2.75, 3.05) is 6.54 Å². The fraction of sp³-hybridized carbons (Fsp3) is 0.364. The fourth-order valence-electron chi connectivity index (χ4n) is 1.58. The van der Waals surface area contributed by atoms with Crippen molar-refractivity contribution in [3.8, 4) is 0 Å². The number of amides is 1. The zero-order chi connectivity index (χ0) is 13.8. The van der Waals surface area contributed by atoms with E-state index in [1.807, 2.05) is 0 Å². The Morgan fingerprint density at radius 1 is 1.33 bits per heavy atom. The van der Waals surface area contributed by atoms with Crippen molar-refractivity contribution in [3.05, 3.63) is 41.1 Å². The summed E-state index contributed by atoms with van der Waals surface area (Å²) in [4.78, 5) is 33.1. The molecule has 0 fully saturated rings. The van der Waals surface area contributed by atoms with Crippen LogP contribution in [0.4, 0.5) is 0 Å². The van der Waals surface area contributed by atoms with Crippen molar-refractivity contribution in [2.24, 2.45) is 0 Å². The van der Waals surface area contributed by atoms with Crippen LogP contribution in [-0.4, -0.2) is 17.5 Å². The molecule has 0 N–H and O–H groups in total. The molecule has 0 radical (unpaired) electrons. The highest BCUT2D eigenvalue weighted by atomic mass is 31.2. The van der Waals surface area contributed by atoms with E-state index in [0.717, 1.165) is 6.92 Å². The van der Waals surface area contributed by atoms with E-state index in [9.17, 15) is 24.4 Å². The second kappa shape index (κ2) is 6.11. The molecule has 0 heterocycles. The molecule has 0 saturated heterocycles. The normalized spacial score (nSPS) is 13.1. The maximum absolute atomic E-state index is 11.2. The van der Waals surface area contributed by atoms with Crippen molar-refractivity contribution in [1.82, 2.24) is 5.06 Å². The van der Waals surface area contributed by atoms with E-state index in [-0.39, 0.29) is 18.0 Å². The van der Waals surface area contributed by atoms with E-state index >= 15 is 0 Å². The molecule has 1 amide bonds. The maximum atomic E-state index is 11.2. The molecule has 18 heavy (non-hydrogen) atoms. The summed E-state index contributed by atoms with van der Waals surface area (Å²) in [6.07, 6.45) is -0.197. The number of hydrogen-bond acceptors (Lipinski definition) is 5. The molecule has 1 aromatic carbocycles. The summed E-state index contributed by atoms with van der Waals surface area (Å²) in [5, 5.41) is 11.2. The van der Waals surface area contributed by atoms with Gasteiger partial charge in [-0.1, -0.05) is 37.9 Å². The Morgan fingerprint density at radius 3 is 2.33 bits per heavy atom. The van der Waals surface area contributed by atoms with Gasteiger partial charge in [0.2, 0.25) is 5.91 Å². The minimum absolute atomic E-state index is 0.144. The zero-order valence-corrected chi connectivity index (χ0v) is 10.7. The first-order valence-corrected chi connectivity index (χ1v) is 6.95. The largest absolute Gasteiger partial charge is 0.810 e. The molecular formula is C11H13NO5P-3. The van der Waals surface area contributed by atoms with Gasteiger partial charge in [0.15, 0.2) is 0 Å². The summed E-state index contributed by atoms with van der Waals surface area (Å²) in [5.41, 5.74) is -0.947. The summed E-state index contributed by atoms with van der Waals surface area (Å²) >= 11 is 0. The molecule has 100 valence electrons. The minimum atomic E-state index is -4.86. The SMILES string of the molecule is CC(=O)N([O-])CCC(c1ccccc1)P(=O)([O-])[O-]. The van der Waals surface area contributed by atoms with Gasteiger partial charge in [-0.3, -0.25) is 4.79 Å². The summed E-state index contributed by atoms with van der Waals surface area (Å²) in [6.45, 7) is 0.766. The number of carbonyl (C=O) groups is 1. The summed E-state index contributed by atoms with van der Waals surface area (Å²) in [7, 11) is -4.86. The van der Waals surface area contributed by atoms with Crippen LogP contribution in [0.15, 0.2) is 30.3 Å². The summed E-state index contributed by atoms with van der Waals surface area (Å²) < 4.78 is 11.2. The molecule has 0 aromatic heterocycles. The third kappa shape index (κ3) is 4.23. The Morgan fingerprint density at radius 2 is 1.89 bits per heavy atom. The van der Waals surface area contributed by atoms with Gasteiger partial charge in [0, 0.05) is 19.1 Å². The van der Waals surface area contributed by atoms with Crippen molar-refractivity contribution in [2.45, 2.75) is 19.0 Å². The Balaban J connectivity index is 2.82. The number of hydrogen-bond donors (Lipinski definition) is 0. The first kappa shape index (κ1) is 14.9. The molecule has 1 atom stereocenters. The number of rotatable bonds is 5. The lowest BCUT2D eigenvalue weighted by molar-refractivity contribution is -0.317. The van der Waals surface area contributed by atoms with E-state index in [4.69, 9.17) is 0 Å². The molecule has 0 bridgehead atoms. The van der Waals surface area contributed by atoms with Gasteiger partial charge < -0.3 is 24.6 Å². The third-order valence-electron chi connectivity index (χ3n) is 2.52. The van der Waals surface area contributed by atoms with Crippen LogP contribution in [0.2, 0.25) is 0 Å². The average Bonchev–Trinajstić information content (AvgIpc) is 2.28. The molecule has 0 saturated carbocycles. The van der Waals surface area contributed by atoms with Crippen molar-refractivity contribution < 1.29 is 19.1 Å². The average molecular weight is 270 g/mol. The predicted octanol–water partition coefficient (Wildman–Crippen LogP) is 0.378. The molecule has 1 unspecified atom stereocenters. The zero-order valence-electron chi connectivity index (χ0n) is 9.81. The number of carbonyl (C=O) groups excluding carboxylic acids is 1. The van der Waals surface area contributed by atoms with Gasteiger partial charge in [0.05, 0.1) is 0 Å². The van der Waals surface area contributed by atoms with Gasteiger partial charge in [-0.25, -0.2) is 0 Å². The molecule has 0 spiro atoms. The monoisotopic (exact) mass is 270 g/mol. The maximum Gasteiger partial charge on any atom is 0.208 e. The van der Waals surface area contributed by atoms with Gasteiger partial charge in [0.25, 0.3) is 0 Å². The Labute approximate surface area is 105 Å². The fourth-order valence-corrected chi connectivity index (χ4v) is 2.55. The molecule has 1 aromatic rings. The topological polar surface area (TPSA) is 107 Å². The smallest absolute Gasteiger partial charge is 0.208 e. The van der Waals surface area contributed by atoms with Gasteiger partial charge in [-0.2, -0.15) is 0 Å². The van der Waals surface area contributed by atoms with Gasteiger partial charge in [-0.05, 0) is 12.0 Å². The van der Waals surface area contributed by atoms with Gasteiger partial charge >= 0.3 is 0 Å². The molecule has 0 aliphatic rings. The lowest BCUT2D eigenvalue weighted by Crippen LogP contribution is -2.27. The molecular weight excluding hydrogens is 257 g/mol. The van der Waals surface area contributed by atoms with Crippen LogP contribution in [-0.2, 0) is 9.36 Å². The highest BCUT2D eigenvalue weighted by molar-refractivity contribution is 7.49. The van der Waals surface area contributed by atoms with Crippen LogP contribution >= 0.6 is 7.60 Å². The van der Waals surface area contributed by atoms with Crippen molar-refractivity contribution in [3.63, 3.8) is 0 Å². The van der Waals surface area contributed by atoms with Crippen molar-refractivity contribution in [1.29, 1.82) is 0 Å². The first-order valence-electron chi connectivity index (χ1n) is 5.34. The number of nitrogens with zero attached hydrogens (tertiary/aromatic N) is 1. The number of hydroxylamine groups is 2. The van der Waals surface area contributed by atoms with Gasteiger partial charge in [0.1, 0.15) is 0 Å². The first-order chi connectivity index (χ1) is 8.32. The number of benzene rings is 1. The van der Waals surface area contributed by atoms with Crippen LogP contribution < -0.4 is 9.79 Å². The second-order valence-corrected chi connectivity index (χ2v) is 5.58. The molecule has 6 nitrogen and oxygen atoms in total. The highest BCUT2D eigenvalue weighted by Crippen LogP contribution is 2.46. The lowest BCUT2D eigenvalue weighted by atomic mass is 10.1. The van der Waals surface area contributed by atoms with Gasteiger partial charge in [-0.15, -0.1) is 0 Å². The molecule has 0 aliphatic heterocycles. The van der Waals surface area contributed by atoms with E-state index in [2.05, 4.69) is 0 Å². The Bertz CT molecular complexity index is 444. The van der Waals surface area contributed by atoms with Crippen LogP contribution in [0, 0.1) is 5.21 Å². The standard InChI is InChI=1S/C11H15NO5P/c1-9(13)12(14)8-7-11(18(15,16)17)10-5-3-2-4-6-10/h2-6,11H,7-8H2,1H3,(H2,15,16,17)/q-1/p-2. The Kier molecular flexibility index (Phi) is 5.04. The summed E-state index contributed by atoms with van der Waals surface area (Å²) in [6, 6.07) is 7.93. The van der Waals surface area contributed by atoms with E-state index in [1.165, 1.54) is 12.1 Å². The van der Waals surface area contributed by atoms with Crippen LogP contribution in [0.1, 0.15) is 24.6 Å².